The number of unbranched alkanes of at least 4 members (excludes halogenated alkanes) is 1. The van der Waals surface area contributed by atoms with Crippen LogP contribution in [0.5, 0.6) is 11.5 Å². The molecule has 0 aliphatic carbocycles. The molecule has 0 spiro atoms. The van der Waals surface area contributed by atoms with Crippen molar-refractivity contribution in [1.82, 2.24) is 0 Å². The van der Waals surface area contributed by atoms with E-state index < -0.39 is 0 Å². The largest absolute Gasteiger partial charge is 0.494 e. The Bertz CT molecular complexity index is 1240. The minimum Gasteiger partial charge on any atom is -0.494 e. The van der Waals surface area contributed by atoms with Crippen molar-refractivity contribution in [2.75, 3.05) is 13.2 Å². The maximum atomic E-state index is 12.4. The predicted molar refractivity (Wildman–Crippen MR) is 153 cm³/mol. The molecular weight excluding hydrogens is 472 g/mol. The Kier molecular flexibility index (Phi) is 9.81. The standard InChI is InChI=1S/C34H30O4/c35-33(23-13-27-9-3-1-4-10-27)29-15-19-31(20-16-29)37-25-7-8-26-38-32-21-17-30(18-22-32)34(36)24-14-28-11-5-2-6-12-28/h1-6,9-24H,7-8,25-26H2/b23-13+,24-14+. The van der Waals surface area contributed by atoms with E-state index in [0.717, 1.165) is 35.5 Å². The summed E-state index contributed by atoms with van der Waals surface area (Å²) in [6.45, 7) is 1.12. The minimum atomic E-state index is -0.0430. The average Bonchev–Trinajstić information content (AvgIpc) is 2.98. The summed E-state index contributed by atoms with van der Waals surface area (Å²) in [5.41, 5.74) is 3.23. The second kappa shape index (κ2) is 14.1. The van der Waals surface area contributed by atoms with Gasteiger partial charge in [0.15, 0.2) is 11.6 Å². The zero-order valence-electron chi connectivity index (χ0n) is 21.2. The molecule has 0 unspecified atom stereocenters. The zero-order valence-corrected chi connectivity index (χ0v) is 21.2. The van der Waals surface area contributed by atoms with Crippen LogP contribution < -0.4 is 9.47 Å². The molecule has 0 aliphatic heterocycles. The van der Waals surface area contributed by atoms with Gasteiger partial charge >= 0.3 is 0 Å². The third-order valence-electron chi connectivity index (χ3n) is 5.81. The van der Waals surface area contributed by atoms with Crippen LogP contribution in [0.4, 0.5) is 0 Å². The van der Waals surface area contributed by atoms with E-state index in [9.17, 15) is 9.59 Å². The second-order valence-electron chi connectivity index (χ2n) is 8.67. The molecule has 0 heterocycles. The summed E-state index contributed by atoms with van der Waals surface area (Å²) in [7, 11) is 0. The summed E-state index contributed by atoms with van der Waals surface area (Å²) in [5, 5.41) is 0. The molecule has 0 aliphatic rings. The van der Waals surface area contributed by atoms with Crippen molar-refractivity contribution in [3.63, 3.8) is 0 Å². The van der Waals surface area contributed by atoms with Gasteiger partial charge in [0.25, 0.3) is 0 Å². The maximum Gasteiger partial charge on any atom is 0.185 e. The lowest BCUT2D eigenvalue weighted by atomic mass is 10.1. The summed E-state index contributed by atoms with van der Waals surface area (Å²) >= 11 is 0. The third-order valence-corrected chi connectivity index (χ3v) is 5.81. The van der Waals surface area contributed by atoms with Crippen molar-refractivity contribution in [3.8, 4) is 11.5 Å². The third kappa shape index (κ3) is 8.45. The monoisotopic (exact) mass is 502 g/mol. The summed E-state index contributed by atoms with van der Waals surface area (Å²) in [4.78, 5) is 24.7. The van der Waals surface area contributed by atoms with E-state index in [0.29, 0.717) is 24.3 Å². The second-order valence-corrected chi connectivity index (χ2v) is 8.67. The summed E-state index contributed by atoms with van der Waals surface area (Å²) in [6.07, 6.45) is 8.46. The Labute approximate surface area is 223 Å². The fraction of sp³-hybridized carbons (Fsp3) is 0.118. The van der Waals surface area contributed by atoms with Gasteiger partial charge in [-0.15, -0.1) is 0 Å². The van der Waals surface area contributed by atoms with Gasteiger partial charge in [0, 0.05) is 11.1 Å². The topological polar surface area (TPSA) is 52.6 Å². The van der Waals surface area contributed by atoms with Gasteiger partial charge in [-0.2, -0.15) is 0 Å². The van der Waals surface area contributed by atoms with Gasteiger partial charge in [0.2, 0.25) is 0 Å². The highest BCUT2D eigenvalue weighted by molar-refractivity contribution is 6.07. The molecule has 4 aromatic carbocycles. The van der Waals surface area contributed by atoms with Gasteiger partial charge in [0.05, 0.1) is 13.2 Å². The summed E-state index contributed by atoms with van der Waals surface area (Å²) in [5.74, 6) is 1.38. The van der Waals surface area contributed by atoms with Gasteiger partial charge in [-0.05, 0) is 84.7 Å². The van der Waals surface area contributed by atoms with Crippen LogP contribution in [0.1, 0.15) is 44.7 Å². The molecule has 0 fully saturated rings. The molecule has 0 radical (unpaired) electrons. The van der Waals surface area contributed by atoms with Crippen molar-refractivity contribution in [2.24, 2.45) is 0 Å². The van der Waals surface area contributed by atoms with Crippen molar-refractivity contribution < 1.29 is 19.1 Å². The molecule has 0 amide bonds. The van der Waals surface area contributed by atoms with Crippen LogP contribution in [0.25, 0.3) is 12.2 Å². The molecule has 0 saturated carbocycles. The molecule has 0 bridgehead atoms. The number of carbonyl (C=O) groups is 2. The van der Waals surface area contributed by atoms with Gasteiger partial charge < -0.3 is 9.47 Å². The van der Waals surface area contributed by atoms with E-state index in [-0.39, 0.29) is 11.6 Å². The van der Waals surface area contributed by atoms with E-state index >= 15 is 0 Å². The Morgan fingerprint density at radius 1 is 0.500 bits per heavy atom. The van der Waals surface area contributed by atoms with Crippen molar-refractivity contribution in [2.45, 2.75) is 12.8 Å². The zero-order chi connectivity index (χ0) is 26.4. The van der Waals surface area contributed by atoms with Crippen LogP contribution in [-0.2, 0) is 0 Å². The number of carbonyl (C=O) groups excluding carboxylic acids is 2. The normalized spacial score (nSPS) is 11.1. The Morgan fingerprint density at radius 3 is 1.24 bits per heavy atom. The highest BCUT2D eigenvalue weighted by atomic mass is 16.5. The Morgan fingerprint density at radius 2 is 0.868 bits per heavy atom. The van der Waals surface area contributed by atoms with Crippen LogP contribution in [0.3, 0.4) is 0 Å². The lowest BCUT2D eigenvalue weighted by Crippen LogP contribution is -2.03. The lowest BCUT2D eigenvalue weighted by Gasteiger charge is -2.08. The molecule has 0 atom stereocenters. The molecule has 0 saturated heterocycles. The quantitative estimate of drug-likeness (QED) is 0.107. The van der Waals surface area contributed by atoms with Gasteiger partial charge in [-0.3, -0.25) is 9.59 Å². The van der Waals surface area contributed by atoms with Gasteiger partial charge in [-0.25, -0.2) is 0 Å². The van der Waals surface area contributed by atoms with Gasteiger partial charge in [-0.1, -0.05) is 72.8 Å². The smallest absolute Gasteiger partial charge is 0.185 e. The van der Waals surface area contributed by atoms with Gasteiger partial charge in [0.1, 0.15) is 11.5 Å². The van der Waals surface area contributed by atoms with E-state index in [1.807, 2.05) is 97.1 Å². The van der Waals surface area contributed by atoms with Crippen LogP contribution in [0.2, 0.25) is 0 Å². The number of benzene rings is 4. The minimum absolute atomic E-state index is 0.0430. The molecule has 0 N–H and O–H groups in total. The van der Waals surface area contributed by atoms with E-state index in [1.165, 1.54) is 0 Å². The maximum absolute atomic E-state index is 12.4. The molecule has 0 aromatic heterocycles. The molecule has 4 rings (SSSR count). The Hall–Kier alpha value is -4.70. The number of hydrogen-bond donors (Lipinski definition) is 0. The first-order valence-corrected chi connectivity index (χ1v) is 12.7. The first kappa shape index (κ1) is 26.4. The first-order valence-electron chi connectivity index (χ1n) is 12.7. The molecule has 4 heteroatoms. The van der Waals surface area contributed by atoms with Crippen molar-refractivity contribution in [1.29, 1.82) is 0 Å². The molecule has 38 heavy (non-hydrogen) atoms. The van der Waals surface area contributed by atoms with Crippen LogP contribution >= 0.6 is 0 Å². The van der Waals surface area contributed by atoms with Crippen molar-refractivity contribution >= 4 is 23.7 Å². The fourth-order valence-electron chi connectivity index (χ4n) is 3.68. The Balaban J connectivity index is 1.12. The summed E-state index contributed by atoms with van der Waals surface area (Å²) < 4.78 is 11.6. The number of ether oxygens (including phenoxy) is 2. The van der Waals surface area contributed by atoms with E-state index in [4.69, 9.17) is 9.47 Å². The highest BCUT2D eigenvalue weighted by Gasteiger charge is 2.04. The average molecular weight is 503 g/mol. The fourth-order valence-corrected chi connectivity index (χ4v) is 3.68. The molecule has 4 nitrogen and oxygen atoms in total. The number of allylic oxidation sites excluding steroid dienone is 2. The predicted octanol–water partition coefficient (Wildman–Crippen LogP) is 7.72. The highest BCUT2D eigenvalue weighted by Crippen LogP contribution is 2.16. The molecular formula is C34H30O4. The van der Waals surface area contributed by atoms with E-state index in [2.05, 4.69) is 0 Å². The first-order chi connectivity index (χ1) is 18.7. The number of rotatable bonds is 13. The number of hydrogen-bond acceptors (Lipinski definition) is 4. The summed E-state index contributed by atoms with van der Waals surface area (Å²) in [6, 6.07) is 33.9. The van der Waals surface area contributed by atoms with Crippen molar-refractivity contribution in [3.05, 3.63) is 144 Å². The SMILES string of the molecule is O=C(/C=C/c1ccccc1)c1ccc(OCCCCOc2ccc(C(=O)/C=C/c3ccccc3)cc2)cc1. The van der Waals surface area contributed by atoms with E-state index in [1.54, 1.807) is 36.4 Å². The number of ketones is 2. The molecule has 190 valence electrons. The molecule has 4 aromatic rings. The lowest BCUT2D eigenvalue weighted by molar-refractivity contribution is 0.103. The van der Waals surface area contributed by atoms with Crippen LogP contribution in [0.15, 0.2) is 121 Å². The van der Waals surface area contributed by atoms with Crippen LogP contribution in [-0.4, -0.2) is 24.8 Å². The van der Waals surface area contributed by atoms with Crippen LogP contribution in [0, 0.1) is 0 Å².